The molecule has 0 bridgehead atoms. The van der Waals surface area contributed by atoms with Crippen molar-refractivity contribution in [1.29, 1.82) is 0 Å². The normalized spacial score (nSPS) is 10.7. The van der Waals surface area contributed by atoms with Crippen LogP contribution in [0, 0.1) is 0 Å². The highest BCUT2D eigenvalue weighted by Gasteiger charge is 2.12. The second-order valence-corrected chi connectivity index (χ2v) is 4.68. The van der Waals surface area contributed by atoms with Gasteiger partial charge in [-0.25, -0.2) is 4.98 Å². The van der Waals surface area contributed by atoms with Crippen LogP contribution in [0.4, 0.5) is 0 Å². The van der Waals surface area contributed by atoms with Crippen molar-refractivity contribution < 1.29 is 15.3 Å². The summed E-state index contributed by atoms with van der Waals surface area (Å²) in [6, 6.07) is 11.3. The van der Waals surface area contributed by atoms with Gasteiger partial charge in [-0.05, 0) is 30.3 Å². The molecule has 3 aromatic rings. The highest BCUT2D eigenvalue weighted by molar-refractivity contribution is 5.91. The van der Waals surface area contributed by atoms with Gasteiger partial charge in [-0.3, -0.25) is 0 Å². The number of pyridine rings is 1. The first-order valence-corrected chi connectivity index (χ1v) is 6.37. The van der Waals surface area contributed by atoms with Gasteiger partial charge in [-0.2, -0.15) is 0 Å². The monoisotopic (exact) mass is 279 g/mol. The van der Waals surface area contributed by atoms with Crippen LogP contribution in [0.3, 0.4) is 0 Å². The molecule has 1 heterocycles. The third-order valence-corrected chi connectivity index (χ3v) is 3.32. The van der Waals surface area contributed by atoms with Gasteiger partial charge in [0.05, 0.1) is 5.69 Å². The minimum Gasteiger partial charge on any atom is -0.508 e. The molecule has 0 radical (unpaired) electrons. The Labute approximate surface area is 121 Å². The summed E-state index contributed by atoms with van der Waals surface area (Å²) in [7, 11) is 0. The van der Waals surface area contributed by atoms with Gasteiger partial charge >= 0.3 is 0 Å². The Balaban J connectivity index is 2.33. The maximum absolute atomic E-state index is 10.0. The summed E-state index contributed by atoms with van der Waals surface area (Å²) in [5.74, 6) is 0.0410. The fourth-order valence-electron chi connectivity index (χ4n) is 2.32. The molecule has 0 amide bonds. The van der Waals surface area contributed by atoms with Crippen LogP contribution in [0.15, 0.2) is 49.0 Å². The lowest BCUT2D eigenvalue weighted by Crippen LogP contribution is -1.90. The number of aromatic nitrogens is 1. The summed E-state index contributed by atoms with van der Waals surface area (Å²) in [6.45, 7) is 3.73. The number of nitrogens with zero attached hydrogens (tertiary/aromatic N) is 1. The fraction of sp³-hybridized carbons (Fsp3) is 0. The molecule has 0 aliphatic rings. The van der Waals surface area contributed by atoms with Crippen LogP contribution in [0.25, 0.3) is 28.1 Å². The zero-order valence-corrected chi connectivity index (χ0v) is 11.1. The number of phenols is 3. The number of hydrogen-bond donors (Lipinski definition) is 3. The molecule has 0 saturated heterocycles. The van der Waals surface area contributed by atoms with Crippen molar-refractivity contribution in [3.8, 4) is 28.4 Å². The average molecular weight is 279 g/mol. The lowest BCUT2D eigenvalue weighted by Gasteiger charge is -2.10. The average Bonchev–Trinajstić information content (AvgIpc) is 2.46. The Kier molecular flexibility index (Phi) is 2.99. The van der Waals surface area contributed by atoms with Crippen molar-refractivity contribution in [3.63, 3.8) is 0 Å². The number of hydrogen-bond acceptors (Lipinski definition) is 4. The highest BCUT2D eigenvalue weighted by atomic mass is 16.3. The van der Waals surface area contributed by atoms with E-state index >= 15 is 0 Å². The maximum Gasteiger partial charge on any atom is 0.141 e. The minimum absolute atomic E-state index is 0.0113. The van der Waals surface area contributed by atoms with E-state index in [1.165, 1.54) is 12.1 Å². The summed E-state index contributed by atoms with van der Waals surface area (Å²) < 4.78 is 0. The molecule has 0 fully saturated rings. The van der Waals surface area contributed by atoms with E-state index in [9.17, 15) is 15.3 Å². The SMILES string of the molecule is C=Cc1nc2c(O)cccc2cc1-c1ccc(O)cc1O. The predicted molar refractivity (Wildman–Crippen MR) is 82.3 cm³/mol. The van der Waals surface area contributed by atoms with E-state index in [-0.39, 0.29) is 17.2 Å². The van der Waals surface area contributed by atoms with Gasteiger partial charge in [0.1, 0.15) is 22.8 Å². The quantitative estimate of drug-likeness (QED) is 0.669. The van der Waals surface area contributed by atoms with Gasteiger partial charge in [0.2, 0.25) is 0 Å². The van der Waals surface area contributed by atoms with Gasteiger partial charge < -0.3 is 15.3 Å². The van der Waals surface area contributed by atoms with E-state index in [4.69, 9.17) is 0 Å². The Hall–Kier alpha value is -3.01. The van der Waals surface area contributed by atoms with Gasteiger partial charge in [0.15, 0.2) is 0 Å². The molecule has 4 nitrogen and oxygen atoms in total. The first-order valence-electron chi connectivity index (χ1n) is 6.37. The Morgan fingerprint density at radius 2 is 1.71 bits per heavy atom. The summed E-state index contributed by atoms with van der Waals surface area (Å²) in [6.07, 6.45) is 1.56. The number of phenolic OH excluding ortho intramolecular Hbond substituents is 3. The number of para-hydroxylation sites is 1. The van der Waals surface area contributed by atoms with Crippen molar-refractivity contribution in [3.05, 3.63) is 54.7 Å². The predicted octanol–water partition coefficient (Wildman–Crippen LogP) is 3.66. The van der Waals surface area contributed by atoms with Crippen molar-refractivity contribution in [1.82, 2.24) is 4.98 Å². The summed E-state index contributed by atoms with van der Waals surface area (Å²) in [4.78, 5) is 4.39. The van der Waals surface area contributed by atoms with E-state index in [0.29, 0.717) is 22.3 Å². The lowest BCUT2D eigenvalue weighted by atomic mass is 10.00. The van der Waals surface area contributed by atoms with Gasteiger partial charge in [-0.1, -0.05) is 18.7 Å². The molecular weight excluding hydrogens is 266 g/mol. The van der Waals surface area contributed by atoms with E-state index in [1.54, 1.807) is 24.3 Å². The van der Waals surface area contributed by atoms with Crippen molar-refractivity contribution >= 4 is 17.0 Å². The van der Waals surface area contributed by atoms with E-state index in [1.807, 2.05) is 12.1 Å². The van der Waals surface area contributed by atoms with Gasteiger partial charge in [0, 0.05) is 22.6 Å². The van der Waals surface area contributed by atoms with Crippen LogP contribution in [-0.4, -0.2) is 20.3 Å². The largest absolute Gasteiger partial charge is 0.508 e. The van der Waals surface area contributed by atoms with Gasteiger partial charge in [-0.15, -0.1) is 0 Å². The number of aromatic hydroxyl groups is 3. The van der Waals surface area contributed by atoms with E-state index in [0.717, 1.165) is 5.39 Å². The summed E-state index contributed by atoms with van der Waals surface area (Å²) >= 11 is 0. The molecule has 4 heteroatoms. The Morgan fingerprint density at radius 1 is 0.905 bits per heavy atom. The first-order chi connectivity index (χ1) is 10.1. The molecule has 0 spiro atoms. The summed E-state index contributed by atoms with van der Waals surface area (Å²) in [5, 5.41) is 30.0. The minimum atomic E-state index is -0.0422. The molecule has 0 aliphatic heterocycles. The molecule has 104 valence electrons. The number of fused-ring (bicyclic) bond motifs is 1. The number of rotatable bonds is 2. The molecule has 0 aliphatic carbocycles. The highest BCUT2D eigenvalue weighted by Crippen LogP contribution is 2.36. The second kappa shape index (κ2) is 4.83. The molecular formula is C17H13NO3. The van der Waals surface area contributed by atoms with Crippen LogP contribution in [-0.2, 0) is 0 Å². The maximum atomic E-state index is 10.0. The Bertz CT molecular complexity index is 856. The van der Waals surface area contributed by atoms with Crippen molar-refractivity contribution in [2.45, 2.75) is 0 Å². The zero-order valence-electron chi connectivity index (χ0n) is 11.1. The molecule has 1 aromatic heterocycles. The summed E-state index contributed by atoms with van der Waals surface area (Å²) in [5.41, 5.74) is 2.25. The third kappa shape index (κ3) is 2.17. The Morgan fingerprint density at radius 3 is 2.43 bits per heavy atom. The zero-order chi connectivity index (χ0) is 15.0. The van der Waals surface area contributed by atoms with Crippen LogP contribution in [0.1, 0.15) is 5.69 Å². The molecule has 2 aromatic carbocycles. The smallest absolute Gasteiger partial charge is 0.141 e. The fourth-order valence-corrected chi connectivity index (χ4v) is 2.32. The van der Waals surface area contributed by atoms with Crippen molar-refractivity contribution in [2.75, 3.05) is 0 Å². The van der Waals surface area contributed by atoms with Crippen molar-refractivity contribution in [2.24, 2.45) is 0 Å². The topological polar surface area (TPSA) is 73.6 Å². The first kappa shape index (κ1) is 13.0. The molecule has 21 heavy (non-hydrogen) atoms. The second-order valence-electron chi connectivity index (χ2n) is 4.68. The van der Waals surface area contributed by atoms with E-state index < -0.39 is 0 Å². The third-order valence-electron chi connectivity index (χ3n) is 3.32. The standard InChI is InChI=1S/C17H13NO3/c1-2-14-13(12-7-6-11(19)9-16(12)21)8-10-4-3-5-15(20)17(10)18-14/h2-9,19-21H,1H2. The van der Waals surface area contributed by atoms with Crippen LogP contribution >= 0.6 is 0 Å². The van der Waals surface area contributed by atoms with Gasteiger partial charge in [0.25, 0.3) is 0 Å². The van der Waals surface area contributed by atoms with Crippen LogP contribution in [0.5, 0.6) is 17.2 Å². The van der Waals surface area contributed by atoms with E-state index in [2.05, 4.69) is 11.6 Å². The molecule has 3 rings (SSSR count). The molecule has 3 N–H and O–H groups in total. The molecule has 0 saturated carbocycles. The molecule has 0 unspecified atom stereocenters. The lowest BCUT2D eigenvalue weighted by molar-refractivity contribution is 0.452. The molecule has 0 atom stereocenters. The van der Waals surface area contributed by atoms with Crippen LogP contribution in [0.2, 0.25) is 0 Å². The van der Waals surface area contributed by atoms with Crippen LogP contribution < -0.4 is 0 Å². The number of benzene rings is 2.